The van der Waals surface area contributed by atoms with Crippen LogP contribution in [0.1, 0.15) is 33.6 Å². The molecule has 1 aromatic heterocycles. The van der Waals surface area contributed by atoms with Gasteiger partial charge in [0.15, 0.2) is 0 Å². The van der Waals surface area contributed by atoms with E-state index in [9.17, 15) is 4.79 Å². The van der Waals surface area contributed by atoms with E-state index in [4.69, 9.17) is 0 Å². The third-order valence-corrected chi connectivity index (χ3v) is 4.93. The normalized spacial score (nSPS) is 20.8. The van der Waals surface area contributed by atoms with Crippen LogP contribution in [0.15, 0.2) is 17.1 Å². The first-order valence-corrected chi connectivity index (χ1v) is 8.57. The molecule has 2 heterocycles. The summed E-state index contributed by atoms with van der Waals surface area (Å²) in [5, 5.41) is 4.38. The van der Waals surface area contributed by atoms with E-state index >= 15 is 0 Å². The number of nitrogens with zero attached hydrogens (tertiary/aromatic N) is 3. The summed E-state index contributed by atoms with van der Waals surface area (Å²) >= 11 is 4.38. The molecule has 0 saturated carbocycles. The van der Waals surface area contributed by atoms with Gasteiger partial charge < -0.3 is 4.90 Å². The zero-order chi connectivity index (χ0) is 15.4. The fourth-order valence-electron chi connectivity index (χ4n) is 2.86. The molecular formula is C16H27N3OS. The average molecular weight is 309 g/mol. The predicted molar refractivity (Wildman–Crippen MR) is 91.3 cm³/mol. The first kappa shape index (κ1) is 16.4. The van der Waals surface area contributed by atoms with Crippen LogP contribution in [-0.2, 0) is 6.54 Å². The third-order valence-electron chi connectivity index (χ3n) is 4.46. The van der Waals surface area contributed by atoms with Crippen molar-refractivity contribution < 1.29 is 0 Å². The van der Waals surface area contributed by atoms with Gasteiger partial charge in [-0.25, -0.2) is 4.68 Å². The molecular weight excluding hydrogens is 282 g/mol. The Labute approximate surface area is 132 Å². The van der Waals surface area contributed by atoms with Crippen LogP contribution < -0.4 is 10.5 Å². The van der Waals surface area contributed by atoms with Crippen molar-refractivity contribution in [3.8, 4) is 0 Å². The van der Waals surface area contributed by atoms with Gasteiger partial charge >= 0.3 is 0 Å². The number of thiol groups is 1. The van der Waals surface area contributed by atoms with Gasteiger partial charge in [0, 0.05) is 25.7 Å². The van der Waals surface area contributed by atoms with Gasteiger partial charge in [-0.05, 0) is 36.3 Å². The van der Waals surface area contributed by atoms with E-state index in [-0.39, 0.29) is 5.56 Å². The maximum Gasteiger partial charge on any atom is 0.268 e. The highest BCUT2D eigenvalue weighted by Gasteiger charge is 2.18. The summed E-state index contributed by atoms with van der Waals surface area (Å²) < 4.78 is 1.58. The molecule has 2 unspecified atom stereocenters. The fourth-order valence-corrected chi connectivity index (χ4v) is 3.40. The van der Waals surface area contributed by atoms with E-state index in [2.05, 4.69) is 43.4 Å². The molecule has 0 bridgehead atoms. The molecule has 1 fully saturated rings. The van der Waals surface area contributed by atoms with Crippen molar-refractivity contribution in [1.29, 1.82) is 0 Å². The van der Waals surface area contributed by atoms with Crippen LogP contribution in [0.4, 0.5) is 5.69 Å². The van der Waals surface area contributed by atoms with Crippen molar-refractivity contribution >= 4 is 18.3 Å². The minimum absolute atomic E-state index is 0.00170. The molecule has 0 spiro atoms. The lowest BCUT2D eigenvalue weighted by atomic mass is 9.98. The van der Waals surface area contributed by atoms with Crippen LogP contribution in [0.3, 0.4) is 0 Å². The first-order chi connectivity index (χ1) is 10.0. The van der Waals surface area contributed by atoms with Gasteiger partial charge in [-0.15, -0.1) is 0 Å². The quantitative estimate of drug-likeness (QED) is 0.850. The van der Waals surface area contributed by atoms with E-state index in [0.29, 0.717) is 24.3 Å². The molecule has 1 aromatic rings. The lowest BCUT2D eigenvalue weighted by Gasteiger charge is -2.32. The maximum absolute atomic E-state index is 12.3. The van der Waals surface area contributed by atoms with Gasteiger partial charge in [-0.3, -0.25) is 4.79 Å². The zero-order valence-corrected chi connectivity index (χ0v) is 14.2. The Hall–Kier alpha value is -0.970. The number of hydrogen-bond donors (Lipinski definition) is 1. The molecule has 21 heavy (non-hydrogen) atoms. The predicted octanol–water partition coefficient (Wildman–Crippen LogP) is 2.68. The van der Waals surface area contributed by atoms with Gasteiger partial charge in [0.25, 0.3) is 5.56 Å². The second-order valence-corrected chi connectivity index (χ2v) is 6.98. The Morgan fingerprint density at radius 3 is 2.81 bits per heavy atom. The third kappa shape index (κ3) is 4.25. The summed E-state index contributed by atoms with van der Waals surface area (Å²) in [6, 6.07) is 1.74. The molecule has 5 heteroatoms. The van der Waals surface area contributed by atoms with Crippen LogP contribution in [0.25, 0.3) is 0 Å². The molecule has 4 nitrogen and oxygen atoms in total. The van der Waals surface area contributed by atoms with E-state index in [1.165, 1.54) is 12.8 Å². The molecule has 2 atom stereocenters. The molecule has 1 aliphatic heterocycles. The SMILES string of the molecule is CC1CCCN(c2cnn(CC(CS)C(C)C)c(=O)c2)C1. The summed E-state index contributed by atoms with van der Waals surface area (Å²) in [5.74, 6) is 2.34. The molecule has 0 N–H and O–H groups in total. The Morgan fingerprint density at radius 1 is 1.48 bits per heavy atom. The highest BCUT2D eigenvalue weighted by atomic mass is 32.1. The van der Waals surface area contributed by atoms with Crippen LogP contribution in [0.5, 0.6) is 0 Å². The van der Waals surface area contributed by atoms with Crippen molar-refractivity contribution in [2.75, 3.05) is 23.7 Å². The number of anilines is 1. The molecule has 0 aliphatic carbocycles. The van der Waals surface area contributed by atoms with Gasteiger partial charge in [0.2, 0.25) is 0 Å². The molecule has 1 saturated heterocycles. The van der Waals surface area contributed by atoms with Crippen molar-refractivity contribution in [3.63, 3.8) is 0 Å². The summed E-state index contributed by atoms with van der Waals surface area (Å²) in [6.45, 7) is 9.29. The van der Waals surface area contributed by atoms with Crippen LogP contribution in [0.2, 0.25) is 0 Å². The number of hydrogen-bond acceptors (Lipinski definition) is 4. The monoisotopic (exact) mass is 309 g/mol. The Morgan fingerprint density at radius 2 is 2.24 bits per heavy atom. The van der Waals surface area contributed by atoms with Gasteiger partial charge in [0.1, 0.15) is 0 Å². The minimum Gasteiger partial charge on any atom is -0.370 e. The van der Waals surface area contributed by atoms with E-state index in [0.717, 1.165) is 24.5 Å². The van der Waals surface area contributed by atoms with Crippen molar-refractivity contribution in [2.45, 2.75) is 40.2 Å². The van der Waals surface area contributed by atoms with E-state index in [1.807, 2.05) is 6.20 Å². The largest absolute Gasteiger partial charge is 0.370 e. The van der Waals surface area contributed by atoms with Gasteiger partial charge in [-0.1, -0.05) is 20.8 Å². The summed E-state index contributed by atoms with van der Waals surface area (Å²) in [4.78, 5) is 14.6. The lowest BCUT2D eigenvalue weighted by molar-refractivity contribution is 0.347. The number of rotatable bonds is 5. The maximum atomic E-state index is 12.3. The summed E-state index contributed by atoms with van der Waals surface area (Å²) in [7, 11) is 0. The standard InChI is InChI=1S/C16H27N3OS/c1-12(2)14(11-21)10-19-16(20)7-15(8-17-19)18-6-4-5-13(3)9-18/h7-8,12-14,21H,4-6,9-11H2,1-3H3. The second-order valence-electron chi connectivity index (χ2n) is 6.61. The molecule has 0 amide bonds. The lowest BCUT2D eigenvalue weighted by Crippen LogP contribution is -2.36. The summed E-state index contributed by atoms with van der Waals surface area (Å²) in [5.41, 5.74) is 0.966. The van der Waals surface area contributed by atoms with Crippen LogP contribution >= 0.6 is 12.6 Å². The van der Waals surface area contributed by atoms with Gasteiger partial charge in [0.05, 0.1) is 11.9 Å². The Bertz CT molecular complexity index is 514. The Kier molecular flexibility index (Phi) is 5.73. The topological polar surface area (TPSA) is 38.1 Å². The van der Waals surface area contributed by atoms with Crippen molar-refractivity contribution in [1.82, 2.24) is 9.78 Å². The highest BCUT2D eigenvalue weighted by Crippen LogP contribution is 2.21. The van der Waals surface area contributed by atoms with Crippen LogP contribution in [0, 0.1) is 17.8 Å². The first-order valence-electron chi connectivity index (χ1n) is 7.94. The molecule has 2 rings (SSSR count). The Balaban J connectivity index is 2.12. The van der Waals surface area contributed by atoms with Crippen LogP contribution in [-0.4, -0.2) is 28.6 Å². The van der Waals surface area contributed by atoms with E-state index in [1.54, 1.807) is 10.7 Å². The molecule has 0 aromatic carbocycles. The molecule has 0 radical (unpaired) electrons. The number of piperidine rings is 1. The average Bonchev–Trinajstić information content (AvgIpc) is 2.45. The highest BCUT2D eigenvalue weighted by molar-refractivity contribution is 7.80. The molecule has 1 aliphatic rings. The second kappa shape index (κ2) is 7.34. The van der Waals surface area contributed by atoms with Gasteiger partial charge in [-0.2, -0.15) is 17.7 Å². The molecule has 118 valence electrons. The minimum atomic E-state index is -0.00170. The summed E-state index contributed by atoms with van der Waals surface area (Å²) in [6.07, 6.45) is 4.31. The van der Waals surface area contributed by atoms with Crippen molar-refractivity contribution in [3.05, 3.63) is 22.6 Å². The van der Waals surface area contributed by atoms with E-state index < -0.39 is 0 Å². The smallest absolute Gasteiger partial charge is 0.268 e. The fraction of sp³-hybridized carbons (Fsp3) is 0.750. The zero-order valence-electron chi connectivity index (χ0n) is 13.3. The number of aromatic nitrogens is 2. The van der Waals surface area contributed by atoms with Crippen molar-refractivity contribution in [2.24, 2.45) is 17.8 Å².